The molecule has 1 aromatic carbocycles. The van der Waals surface area contributed by atoms with E-state index >= 15 is 0 Å². The van der Waals surface area contributed by atoms with Crippen molar-refractivity contribution >= 4 is 17.5 Å². The molecular weight excluding hydrogens is 284 g/mol. The van der Waals surface area contributed by atoms with Crippen molar-refractivity contribution in [3.63, 3.8) is 0 Å². The van der Waals surface area contributed by atoms with Crippen molar-refractivity contribution < 1.29 is 4.52 Å². The molecule has 0 radical (unpaired) electrons. The van der Waals surface area contributed by atoms with Gasteiger partial charge in [0.1, 0.15) is 0 Å². The van der Waals surface area contributed by atoms with Gasteiger partial charge in [0.15, 0.2) is 0 Å². The Labute approximate surface area is 130 Å². The third-order valence-corrected chi connectivity index (χ3v) is 4.52. The number of aryl methyl sites for hydroxylation is 1. The van der Waals surface area contributed by atoms with Crippen LogP contribution in [0.25, 0.3) is 11.1 Å². The zero-order valence-corrected chi connectivity index (χ0v) is 13.1. The van der Waals surface area contributed by atoms with Gasteiger partial charge in [-0.15, -0.1) is 0 Å². The number of anilines is 1. The van der Waals surface area contributed by atoms with Crippen molar-refractivity contribution in [2.24, 2.45) is 5.92 Å². The Morgan fingerprint density at radius 3 is 2.62 bits per heavy atom. The van der Waals surface area contributed by atoms with Gasteiger partial charge in [-0.1, -0.05) is 48.2 Å². The first-order chi connectivity index (χ1) is 10.2. The van der Waals surface area contributed by atoms with Crippen molar-refractivity contribution in [2.75, 3.05) is 11.9 Å². The molecule has 2 aromatic rings. The van der Waals surface area contributed by atoms with E-state index in [0.29, 0.717) is 0 Å². The van der Waals surface area contributed by atoms with Gasteiger partial charge < -0.3 is 9.84 Å². The van der Waals surface area contributed by atoms with E-state index in [0.717, 1.165) is 40.2 Å². The quantitative estimate of drug-likeness (QED) is 0.833. The molecule has 1 fully saturated rings. The number of benzene rings is 1. The van der Waals surface area contributed by atoms with Crippen LogP contribution in [0.3, 0.4) is 0 Å². The summed E-state index contributed by atoms with van der Waals surface area (Å²) in [5, 5.41) is 8.30. The van der Waals surface area contributed by atoms with Crippen LogP contribution in [0, 0.1) is 12.8 Å². The van der Waals surface area contributed by atoms with Crippen molar-refractivity contribution in [1.29, 1.82) is 0 Å². The smallest absolute Gasteiger partial charge is 0.232 e. The maximum absolute atomic E-state index is 5.96. The molecule has 0 atom stereocenters. The van der Waals surface area contributed by atoms with Crippen molar-refractivity contribution in [3.05, 3.63) is 35.0 Å². The SMILES string of the molecule is Cc1noc(NCC2CCCCC2)c1-c1ccc(Cl)cc1. The maximum Gasteiger partial charge on any atom is 0.232 e. The fraction of sp³-hybridized carbons (Fsp3) is 0.471. The minimum atomic E-state index is 0.740. The standard InChI is InChI=1S/C17H21ClN2O/c1-12-16(14-7-9-15(18)10-8-14)17(21-20-12)19-11-13-5-3-2-4-6-13/h7-10,13,19H,2-6,11H2,1H3. The second kappa shape index (κ2) is 6.52. The highest BCUT2D eigenvalue weighted by Gasteiger charge is 2.18. The van der Waals surface area contributed by atoms with Crippen LogP contribution >= 0.6 is 11.6 Å². The van der Waals surface area contributed by atoms with Crippen molar-refractivity contribution in [1.82, 2.24) is 5.16 Å². The summed E-state index contributed by atoms with van der Waals surface area (Å²) >= 11 is 5.96. The Hall–Kier alpha value is -1.48. The topological polar surface area (TPSA) is 38.1 Å². The van der Waals surface area contributed by atoms with Crippen molar-refractivity contribution in [2.45, 2.75) is 39.0 Å². The van der Waals surface area contributed by atoms with Crippen LogP contribution in [0.4, 0.5) is 5.88 Å². The number of hydrogen-bond donors (Lipinski definition) is 1. The number of aromatic nitrogens is 1. The summed E-state index contributed by atoms with van der Waals surface area (Å²) in [6, 6.07) is 7.81. The number of halogens is 1. The lowest BCUT2D eigenvalue weighted by molar-refractivity contribution is 0.366. The minimum absolute atomic E-state index is 0.740. The van der Waals surface area contributed by atoms with Crippen LogP contribution in [0.15, 0.2) is 28.8 Å². The van der Waals surface area contributed by atoms with Crippen LogP contribution in [-0.2, 0) is 0 Å². The van der Waals surface area contributed by atoms with Gasteiger partial charge >= 0.3 is 0 Å². The first-order valence-electron chi connectivity index (χ1n) is 7.70. The van der Waals surface area contributed by atoms with E-state index in [1.165, 1.54) is 32.1 Å². The molecule has 0 saturated heterocycles. The fourth-order valence-corrected chi connectivity index (χ4v) is 3.20. The average molecular weight is 305 g/mol. The van der Waals surface area contributed by atoms with E-state index in [1.54, 1.807) is 0 Å². The van der Waals surface area contributed by atoms with E-state index in [4.69, 9.17) is 16.1 Å². The van der Waals surface area contributed by atoms with Crippen LogP contribution < -0.4 is 5.32 Å². The molecule has 0 bridgehead atoms. The third kappa shape index (κ3) is 3.41. The molecule has 3 rings (SSSR count). The first kappa shape index (κ1) is 14.5. The zero-order valence-electron chi connectivity index (χ0n) is 12.4. The van der Waals surface area contributed by atoms with Gasteiger partial charge in [-0.05, 0) is 43.4 Å². The van der Waals surface area contributed by atoms with Crippen molar-refractivity contribution in [3.8, 4) is 11.1 Å². The van der Waals surface area contributed by atoms with Gasteiger partial charge in [-0.25, -0.2) is 0 Å². The molecule has 1 heterocycles. The molecule has 1 aromatic heterocycles. The van der Waals surface area contributed by atoms with Crippen LogP contribution in [0.1, 0.15) is 37.8 Å². The molecule has 1 aliphatic rings. The molecule has 0 amide bonds. The largest absolute Gasteiger partial charge is 0.353 e. The third-order valence-electron chi connectivity index (χ3n) is 4.27. The molecule has 0 spiro atoms. The molecule has 0 unspecified atom stereocenters. The Balaban J connectivity index is 1.75. The zero-order chi connectivity index (χ0) is 14.7. The second-order valence-electron chi connectivity index (χ2n) is 5.86. The predicted molar refractivity (Wildman–Crippen MR) is 86.8 cm³/mol. The Kier molecular flexibility index (Phi) is 4.49. The normalized spacial score (nSPS) is 16.1. The first-order valence-corrected chi connectivity index (χ1v) is 8.08. The number of nitrogens with zero attached hydrogens (tertiary/aromatic N) is 1. The van der Waals surface area contributed by atoms with Gasteiger partial charge in [0.05, 0.1) is 11.3 Å². The molecule has 1 saturated carbocycles. The van der Waals surface area contributed by atoms with Gasteiger partial charge in [0, 0.05) is 11.6 Å². The lowest BCUT2D eigenvalue weighted by Crippen LogP contribution is -2.17. The maximum atomic E-state index is 5.96. The summed E-state index contributed by atoms with van der Waals surface area (Å²) < 4.78 is 5.48. The number of hydrogen-bond acceptors (Lipinski definition) is 3. The van der Waals surface area contributed by atoms with E-state index in [2.05, 4.69) is 10.5 Å². The molecule has 3 nitrogen and oxygen atoms in total. The predicted octanol–water partition coefficient (Wildman–Crippen LogP) is 5.30. The highest BCUT2D eigenvalue weighted by molar-refractivity contribution is 6.30. The van der Waals surface area contributed by atoms with E-state index < -0.39 is 0 Å². The van der Waals surface area contributed by atoms with Gasteiger partial charge in [0.2, 0.25) is 5.88 Å². The summed E-state index contributed by atoms with van der Waals surface area (Å²) in [5.41, 5.74) is 3.04. The fourth-order valence-electron chi connectivity index (χ4n) is 3.08. The second-order valence-corrected chi connectivity index (χ2v) is 6.30. The monoisotopic (exact) mass is 304 g/mol. The summed E-state index contributed by atoms with van der Waals surface area (Å²) in [7, 11) is 0. The summed E-state index contributed by atoms with van der Waals surface area (Å²) in [5.74, 6) is 1.53. The molecule has 21 heavy (non-hydrogen) atoms. The Bertz CT molecular complexity index is 585. The van der Waals surface area contributed by atoms with Crippen LogP contribution in [-0.4, -0.2) is 11.7 Å². The summed E-state index contributed by atoms with van der Waals surface area (Å²) in [6.07, 6.45) is 6.72. The Morgan fingerprint density at radius 1 is 1.19 bits per heavy atom. The average Bonchev–Trinajstić information content (AvgIpc) is 2.88. The lowest BCUT2D eigenvalue weighted by atomic mass is 9.89. The van der Waals surface area contributed by atoms with Crippen LogP contribution in [0.2, 0.25) is 5.02 Å². The molecule has 1 N–H and O–H groups in total. The van der Waals surface area contributed by atoms with E-state index in [9.17, 15) is 0 Å². The van der Waals surface area contributed by atoms with Gasteiger partial charge in [0.25, 0.3) is 0 Å². The highest BCUT2D eigenvalue weighted by atomic mass is 35.5. The summed E-state index contributed by atoms with van der Waals surface area (Å²) in [6.45, 7) is 2.94. The number of nitrogens with one attached hydrogen (secondary N) is 1. The molecular formula is C17H21ClN2O. The lowest BCUT2D eigenvalue weighted by Gasteiger charge is -2.21. The van der Waals surface area contributed by atoms with E-state index in [1.807, 2.05) is 31.2 Å². The van der Waals surface area contributed by atoms with Crippen LogP contribution in [0.5, 0.6) is 0 Å². The summed E-state index contributed by atoms with van der Waals surface area (Å²) in [4.78, 5) is 0. The minimum Gasteiger partial charge on any atom is -0.353 e. The van der Waals surface area contributed by atoms with E-state index in [-0.39, 0.29) is 0 Å². The van der Waals surface area contributed by atoms with Gasteiger partial charge in [-0.3, -0.25) is 0 Å². The molecule has 112 valence electrons. The molecule has 4 heteroatoms. The molecule has 1 aliphatic carbocycles. The highest BCUT2D eigenvalue weighted by Crippen LogP contribution is 2.33. The Morgan fingerprint density at radius 2 is 1.90 bits per heavy atom. The van der Waals surface area contributed by atoms with Gasteiger partial charge in [-0.2, -0.15) is 0 Å². The number of rotatable bonds is 4. The molecule has 0 aliphatic heterocycles.